The first-order chi connectivity index (χ1) is 7.15. The van der Waals surface area contributed by atoms with Crippen molar-refractivity contribution in [2.24, 2.45) is 0 Å². The number of benzene rings is 1. The normalized spacial score (nSPS) is 12.1. The molecule has 0 aliphatic rings. The van der Waals surface area contributed by atoms with Gasteiger partial charge in [-0.1, -0.05) is 6.07 Å². The molecular weight excluding hydrogens is 198 g/mol. The minimum atomic E-state index is -0.941. The van der Waals surface area contributed by atoms with Crippen LogP contribution in [-0.2, 0) is 0 Å². The predicted molar refractivity (Wildman–Crippen MR) is 54.0 cm³/mol. The van der Waals surface area contributed by atoms with Gasteiger partial charge < -0.3 is 5.11 Å². The van der Waals surface area contributed by atoms with Crippen molar-refractivity contribution in [2.45, 2.75) is 25.4 Å². The topological polar surface area (TPSA) is 20.2 Å². The zero-order chi connectivity index (χ0) is 11.3. The van der Waals surface area contributed by atoms with Gasteiger partial charge in [0.2, 0.25) is 0 Å². The third-order valence-electron chi connectivity index (χ3n) is 2.13. The first kappa shape index (κ1) is 11.7. The lowest BCUT2D eigenvalue weighted by Crippen LogP contribution is -1.99. The summed E-state index contributed by atoms with van der Waals surface area (Å²) >= 11 is 0. The molecule has 0 saturated heterocycles. The van der Waals surface area contributed by atoms with Crippen LogP contribution in [0.1, 0.15) is 30.9 Å². The molecule has 80 valence electrons. The Kier molecular flexibility index (Phi) is 4.26. The zero-order valence-electron chi connectivity index (χ0n) is 8.21. The Morgan fingerprint density at radius 3 is 2.67 bits per heavy atom. The smallest absolute Gasteiger partial charge is 0.159 e. The maximum absolute atomic E-state index is 12.8. The second-order valence-corrected chi connectivity index (χ2v) is 3.29. The van der Waals surface area contributed by atoms with Crippen molar-refractivity contribution in [3.05, 3.63) is 35.4 Å². The molecule has 0 saturated carbocycles. The van der Waals surface area contributed by atoms with E-state index in [-0.39, 0.29) is 0 Å². The van der Waals surface area contributed by atoms with E-state index in [1.165, 1.54) is 6.07 Å². The lowest BCUT2D eigenvalue weighted by molar-refractivity contribution is 0.164. The summed E-state index contributed by atoms with van der Waals surface area (Å²) < 4.78 is 25.4. The molecular formula is C12H12F2O. The van der Waals surface area contributed by atoms with Gasteiger partial charge in [0, 0.05) is 6.42 Å². The van der Waals surface area contributed by atoms with Gasteiger partial charge in [-0.15, -0.1) is 12.3 Å². The van der Waals surface area contributed by atoms with Gasteiger partial charge in [0.15, 0.2) is 11.6 Å². The first-order valence-corrected chi connectivity index (χ1v) is 4.71. The fraction of sp³-hybridized carbons (Fsp3) is 0.333. The summed E-state index contributed by atoms with van der Waals surface area (Å²) in [5, 5.41) is 9.60. The minimum absolute atomic E-state index is 0.380. The van der Waals surface area contributed by atoms with Crippen LogP contribution in [0.4, 0.5) is 8.78 Å². The van der Waals surface area contributed by atoms with Crippen molar-refractivity contribution in [1.29, 1.82) is 0 Å². The third kappa shape index (κ3) is 3.34. The van der Waals surface area contributed by atoms with Gasteiger partial charge in [-0.25, -0.2) is 8.78 Å². The van der Waals surface area contributed by atoms with E-state index in [1.54, 1.807) is 0 Å². The molecule has 0 fully saturated rings. The van der Waals surface area contributed by atoms with Crippen molar-refractivity contribution in [3.8, 4) is 12.3 Å². The van der Waals surface area contributed by atoms with Gasteiger partial charge in [0.1, 0.15) is 0 Å². The van der Waals surface area contributed by atoms with Crippen molar-refractivity contribution < 1.29 is 13.9 Å². The number of hydrogen-bond acceptors (Lipinski definition) is 1. The van der Waals surface area contributed by atoms with E-state index in [0.29, 0.717) is 24.8 Å². The highest BCUT2D eigenvalue weighted by Gasteiger charge is 2.10. The van der Waals surface area contributed by atoms with E-state index >= 15 is 0 Å². The number of halogens is 2. The third-order valence-corrected chi connectivity index (χ3v) is 2.13. The molecule has 1 rings (SSSR count). The predicted octanol–water partition coefficient (Wildman–Crippen LogP) is 2.80. The van der Waals surface area contributed by atoms with Crippen molar-refractivity contribution in [3.63, 3.8) is 0 Å². The lowest BCUT2D eigenvalue weighted by atomic mass is 10.0. The molecule has 1 atom stereocenters. The number of aliphatic hydroxyl groups is 1. The quantitative estimate of drug-likeness (QED) is 0.598. The van der Waals surface area contributed by atoms with Gasteiger partial charge >= 0.3 is 0 Å². The van der Waals surface area contributed by atoms with Gasteiger partial charge in [0.25, 0.3) is 0 Å². The minimum Gasteiger partial charge on any atom is -0.388 e. The average Bonchev–Trinajstić information content (AvgIpc) is 2.22. The van der Waals surface area contributed by atoms with Gasteiger partial charge in [-0.3, -0.25) is 0 Å². The number of unbranched alkanes of at least 4 members (excludes halogenated alkanes) is 1. The summed E-state index contributed by atoms with van der Waals surface area (Å²) in [4.78, 5) is 0. The highest BCUT2D eigenvalue weighted by Crippen LogP contribution is 2.20. The van der Waals surface area contributed by atoms with Crippen LogP contribution in [0.5, 0.6) is 0 Å². The molecule has 0 aromatic heterocycles. The fourth-order valence-corrected chi connectivity index (χ4v) is 1.28. The zero-order valence-corrected chi connectivity index (χ0v) is 8.21. The summed E-state index contributed by atoms with van der Waals surface area (Å²) in [7, 11) is 0. The summed E-state index contributed by atoms with van der Waals surface area (Å²) in [6, 6.07) is 3.39. The molecule has 0 bridgehead atoms. The molecule has 0 spiro atoms. The summed E-state index contributed by atoms with van der Waals surface area (Å²) in [6.45, 7) is 0. The van der Waals surface area contributed by atoms with Crippen LogP contribution >= 0.6 is 0 Å². The Balaban J connectivity index is 2.62. The molecule has 1 nitrogen and oxygen atoms in total. The lowest BCUT2D eigenvalue weighted by Gasteiger charge is -2.09. The maximum Gasteiger partial charge on any atom is 0.159 e. The molecule has 0 aliphatic heterocycles. The molecule has 0 amide bonds. The van der Waals surface area contributed by atoms with E-state index in [1.807, 2.05) is 0 Å². The summed E-state index contributed by atoms with van der Waals surface area (Å²) in [5.74, 6) is 0.601. The molecule has 15 heavy (non-hydrogen) atoms. The van der Waals surface area contributed by atoms with E-state index in [9.17, 15) is 13.9 Å². The molecule has 0 aliphatic carbocycles. The maximum atomic E-state index is 12.8. The van der Waals surface area contributed by atoms with Crippen LogP contribution in [0.3, 0.4) is 0 Å². The van der Waals surface area contributed by atoms with Gasteiger partial charge in [-0.2, -0.15) is 0 Å². The number of terminal acetylenes is 1. The number of rotatable bonds is 4. The van der Waals surface area contributed by atoms with Crippen molar-refractivity contribution in [2.75, 3.05) is 0 Å². The van der Waals surface area contributed by atoms with E-state index in [0.717, 1.165) is 12.1 Å². The van der Waals surface area contributed by atoms with Crippen LogP contribution in [0.15, 0.2) is 18.2 Å². The molecule has 0 heterocycles. The number of aliphatic hydroxyl groups excluding tert-OH is 1. The monoisotopic (exact) mass is 210 g/mol. The summed E-state index contributed by atoms with van der Waals surface area (Å²) in [6.07, 6.45) is 5.96. The Morgan fingerprint density at radius 2 is 2.07 bits per heavy atom. The largest absolute Gasteiger partial charge is 0.388 e. The van der Waals surface area contributed by atoms with Crippen molar-refractivity contribution >= 4 is 0 Å². The highest BCUT2D eigenvalue weighted by atomic mass is 19.2. The molecule has 1 unspecified atom stereocenters. The van der Waals surface area contributed by atoms with Gasteiger partial charge in [0.05, 0.1) is 6.10 Å². The molecule has 3 heteroatoms. The van der Waals surface area contributed by atoms with Crippen LogP contribution < -0.4 is 0 Å². The second-order valence-electron chi connectivity index (χ2n) is 3.29. The Bertz CT molecular complexity index is 368. The number of hydrogen-bond donors (Lipinski definition) is 1. The summed E-state index contributed by atoms with van der Waals surface area (Å²) in [5.41, 5.74) is 0.380. The Labute approximate surface area is 87.7 Å². The van der Waals surface area contributed by atoms with Gasteiger partial charge in [-0.05, 0) is 30.5 Å². The standard InChI is InChI=1S/C12H12F2O/c1-2-3-4-5-12(15)9-6-7-10(13)11(14)8-9/h1,6-8,12,15H,3-5H2. The molecule has 0 radical (unpaired) electrons. The van der Waals surface area contributed by atoms with Crippen LogP contribution in [0.2, 0.25) is 0 Å². The fourth-order valence-electron chi connectivity index (χ4n) is 1.28. The van der Waals surface area contributed by atoms with Crippen LogP contribution in [-0.4, -0.2) is 5.11 Å². The molecule has 1 aromatic rings. The van der Waals surface area contributed by atoms with E-state index in [2.05, 4.69) is 5.92 Å². The SMILES string of the molecule is C#CCCCC(O)c1ccc(F)c(F)c1. The van der Waals surface area contributed by atoms with Crippen LogP contribution in [0.25, 0.3) is 0 Å². The molecule has 1 aromatic carbocycles. The average molecular weight is 210 g/mol. The highest BCUT2D eigenvalue weighted by molar-refractivity contribution is 5.19. The van der Waals surface area contributed by atoms with Crippen LogP contribution in [0, 0.1) is 24.0 Å². The van der Waals surface area contributed by atoms with E-state index in [4.69, 9.17) is 6.42 Å². The second kappa shape index (κ2) is 5.47. The first-order valence-electron chi connectivity index (χ1n) is 4.71. The van der Waals surface area contributed by atoms with E-state index < -0.39 is 17.7 Å². The van der Waals surface area contributed by atoms with Crippen molar-refractivity contribution in [1.82, 2.24) is 0 Å². The molecule has 1 N–H and O–H groups in total. The Morgan fingerprint density at radius 1 is 1.33 bits per heavy atom. The Hall–Kier alpha value is -1.40.